The Morgan fingerprint density at radius 1 is 0.794 bits per heavy atom. The van der Waals surface area contributed by atoms with Gasteiger partial charge in [0.15, 0.2) is 11.6 Å². The van der Waals surface area contributed by atoms with E-state index in [0.29, 0.717) is 25.2 Å². The molecule has 0 N–H and O–H groups in total. The highest BCUT2D eigenvalue weighted by atomic mass is 19.1. The second kappa shape index (κ2) is 17.5. The van der Waals surface area contributed by atoms with Gasteiger partial charge in [0.2, 0.25) is 0 Å². The van der Waals surface area contributed by atoms with E-state index >= 15 is 0 Å². The summed E-state index contributed by atoms with van der Waals surface area (Å²) in [6.07, 6.45) is 17.0. The van der Waals surface area contributed by atoms with Crippen LogP contribution >= 0.6 is 0 Å². The predicted octanol–water partition coefficient (Wildman–Crippen LogP) is 9.65. The minimum Gasteiger partial charge on any atom is -0.491 e. The van der Waals surface area contributed by atoms with E-state index in [2.05, 4.69) is 18.8 Å². The van der Waals surface area contributed by atoms with Crippen LogP contribution in [0.3, 0.4) is 0 Å². The fraction of sp³-hybridized carbons (Fsp3) is 0.633. The Morgan fingerprint density at radius 3 is 2.15 bits per heavy atom. The zero-order chi connectivity index (χ0) is 24.4. The summed E-state index contributed by atoms with van der Waals surface area (Å²) >= 11 is 0. The monoisotopic (exact) mass is 473 g/mol. The summed E-state index contributed by atoms with van der Waals surface area (Å²) in [7, 11) is 0. The summed E-state index contributed by atoms with van der Waals surface area (Å²) in [5.41, 5.74) is 2.57. The van der Waals surface area contributed by atoms with Gasteiger partial charge in [0.05, 0.1) is 12.3 Å². The molecule has 0 amide bonds. The molecule has 0 radical (unpaired) electrons. The number of hydrogen-bond donors (Lipinski definition) is 0. The van der Waals surface area contributed by atoms with E-state index in [1.807, 2.05) is 24.4 Å². The summed E-state index contributed by atoms with van der Waals surface area (Å²) in [4.78, 5) is 4.51. The molecular formula is C30H45F2NO. The maximum absolute atomic E-state index is 14.5. The van der Waals surface area contributed by atoms with Crippen LogP contribution in [-0.4, -0.2) is 17.8 Å². The molecule has 1 aromatic carbocycles. The first-order valence-corrected chi connectivity index (χ1v) is 13.7. The van der Waals surface area contributed by atoms with Gasteiger partial charge in [0, 0.05) is 11.8 Å². The van der Waals surface area contributed by atoms with Crippen LogP contribution in [0.2, 0.25) is 0 Å². The molecule has 0 aliphatic carbocycles. The van der Waals surface area contributed by atoms with Crippen molar-refractivity contribution >= 4 is 0 Å². The number of pyridine rings is 1. The Morgan fingerprint density at radius 2 is 1.47 bits per heavy atom. The lowest BCUT2D eigenvalue weighted by Crippen LogP contribution is -2.01. The molecule has 0 bridgehead atoms. The van der Waals surface area contributed by atoms with Gasteiger partial charge in [-0.25, -0.2) is 8.78 Å². The van der Waals surface area contributed by atoms with Gasteiger partial charge in [-0.15, -0.1) is 0 Å². The molecule has 2 aromatic rings. The van der Waals surface area contributed by atoms with Gasteiger partial charge >= 0.3 is 0 Å². The van der Waals surface area contributed by atoms with Crippen molar-refractivity contribution in [3.63, 3.8) is 0 Å². The summed E-state index contributed by atoms with van der Waals surface area (Å²) in [5.74, 6) is -0.0434. The second-order valence-electron chi connectivity index (χ2n) is 9.51. The third-order valence-corrected chi connectivity index (χ3v) is 6.41. The van der Waals surface area contributed by atoms with Crippen molar-refractivity contribution in [2.45, 2.75) is 116 Å². The van der Waals surface area contributed by atoms with E-state index in [1.54, 1.807) is 6.07 Å². The van der Waals surface area contributed by atoms with Gasteiger partial charge in [-0.2, -0.15) is 0 Å². The first-order chi connectivity index (χ1) is 16.6. The molecule has 0 fully saturated rings. The normalized spacial score (nSPS) is 12.1. The van der Waals surface area contributed by atoms with Gasteiger partial charge in [-0.1, -0.05) is 84.1 Å². The van der Waals surface area contributed by atoms with Gasteiger partial charge in [0.25, 0.3) is 0 Å². The van der Waals surface area contributed by atoms with Crippen molar-refractivity contribution in [3.05, 3.63) is 47.9 Å². The molecule has 0 saturated heterocycles. The lowest BCUT2D eigenvalue weighted by Gasteiger charge is -2.10. The molecule has 190 valence electrons. The first kappa shape index (κ1) is 28.3. The van der Waals surface area contributed by atoms with E-state index in [1.165, 1.54) is 51.0 Å². The van der Waals surface area contributed by atoms with Crippen LogP contribution in [0, 0.1) is 5.82 Å². The highest BCUT2D eigenvalue weighted by Crippen LogP contribution is 2.25. The minimum atomic E-state index is -0.696. The number of unbranched alkanes of at least 4 members (excludes halogenated alkanes) is 9. The molecule has 4 heteroatoms. The molecule has 1 heterocycles. The first-order valence-electron chi connectivity index (χ1n) is 13.7. The zero-order valence-corrected chi connectivity index (χ0v) is 21.5. The van der Waals surface area contributed by atoms with Crippen molar-refractivity contribution in [1.29, 1.82) is 0 Å². The minimum absolute atomic E-state index is 0.306. The number of halogens is 2. The standard InChI is InChI=1S/C30H45F2NO/c1-3-5-7-9-11-13-22-34-30-21-19-26(23-28(30)32)29-20-18-25(24-33-29)15-14-17-27(31)16-12-10-8-6-4-2/h18-21,23-24,27H,3-17,22H2,1-2H3. The van der Waals surface area contributed by atoms with Gasteiger partial charge in [-0.3, -0.25) is 4.98 Å². The van der Waals surface area contributed by atoms with E-state index in [9.17, 15) is 8.78 Å². The van der Waals surface area contributed by atoms with Crippen molar-refractivity contribution < 1.29 is 13.5 Å². The molecule has 1 aromatic heterocycles. The van der Waals surface area contributed by atoms with Crippen molar-refractivity contribution in [1.82, 2.24) is 4.98 Å². The van der Waals surface area contributed by atoms with Gasteiger partial charge in [-0.05, 0) is 61.9 Å². The summed E-state index contributed by atoms with van der Waals surface area (Å²) in [6.45, 7) is 4.95. The third kappa shape index (κ3) is 11.4. The van der Waals surface area contributed by atoms with Crippen LogP contribution in [0.1, 0.15) is 109 Å². The van der Waals surface area contributed by atoms with Crippen LogP contribution in [0.5, 0.6) is 5.75 Å². The lowest BCUT2D eigenvalue weighted by atomic mass is 10.0. The lowest BCUT2D eigenvalue weighted by molar-refractivity contribution is 0.282. The summed E-state index contributed by atoms with van der Waals surface area (Å²) < 4.78 is 34.2. The highest BCUT2D eigenvalue weighted by Gasteiger charge is 2.09. The van der Waals surface area contributed by atoms with E-state index in [0.717, 1.165) is 55.3 Å². The van der Waals surface area contributed by atoms with Crippen molar-refractivity contribution in [3.8, 4) is 17.0 Å². The van der Waals surface area contributed by atoms with E-state index in [4.69, 9.17) is 4.74 Å². The number of alkyl halides is 1. The maximum Gasteiger partial charge on any atom is 0.165 e. The van der Waals surface area contributed by atoms with Gasteiger partial charge in [0.1, 0.15) is 6.17 Å². The number of benzene rings is 1. The highest BCUT2D eigenvalue weighted by molar-refractivity contribution is 5.60. The molecule has 0 saturated carbocycles. The molecule has 2 rings (SSSR count). The number of aryl methyl sites for hydroxylation is 1. The Labute approximate surface area is 206 Å². The van der Waals surface area contributed by atoms with Gasteiger partial charge < -0.3 is 4.74 Å². The summed E-state index contributed by atoms with van der Waals surface area (Å²) in [6, 6.07) is 8.98. The fourth-order valence-electron chi connectivity index (χ4n) is 4.23. The largest absolute Gasteiger partial charge is 0.491 e. The number of hydrogen-bond acceptors (Lipinski definition) is 2. The molecule has 1 unspecified atom stereocenters. The van der Waals surface area contributed by atoms with Crippen molar-refractivity contribution in [2.24, 2.45) is 0 Å². The Hall–Kier alpha value is -1.97. The fourth-order valence-corrected chi connectivity index (χ4v) is 4.23. The average Bonchev–Trinajstić information content (AvgIpc) is 2.84. The predicted molar refractivity (Wildman–Crippen MR) is 140 cm³/mol. The quantitative estimate of drug-likeness (QED) is 0.189. The average molecular weight is 474 g/mol. The van der Waals surface area contributed by atoms with Crippen LogP contribution in [-0.2, 0) is 6.42 Å². The van der Waals surface area contributed by atoms with Crippen molar-refractivity contribution in [2.75, 3.05) is 6.61 Å². The zero-order valence-electron chi connectivity index (χ0n) is 21.5. The molecule has 0 aliphatic heterocycles. The second-order valence-corrected chi connectivity index (χ2v) is 9.51. The molecule has 0 aliphatic rings. The molecule has 2 nitrogen and oxygen atoms in total. The Bertz CT molecular complexity index is 778. The number of nitrogens with zero attached hydrogens (tertiary/aromatic N) is 1. The maximum atomic E-state index is 14.5. The summed E-state index contributed by atoms with van der Waals surface area (Å²) in [5, 5.41) is 0. The van der Waals surface area contributed by atoms with E-state index in [-0.39, 0.29) is 5.82 Å². The van der Waals surface area contributed by atoms with E-state index < -0.39 is 6.17 Å². The van der Waals surface area contributed by atoms with Crippen LogP contribution < -0.4 is 4.74 Å². The third-order valence-electron chi connectivity index (χ3n) is 6.41. The van der Waals surface area contributed by atoms with Crippen LogP contribution in [0.25, 0.3) is 11.3 Å². The van der Waals surface area contributed by atoms with Crippen LogP contribution in [0.4, 0.5) is 8.78 Å². The Balaban J connectivity index is 1.70. The number of aromatic nitrogens is 1. The van der Waals surface area contributed by atoms with Crippen LogP contribution in [0.15, 0.2) is 36.5 Å². The molecule has 0 spiro atoms. The SMILES string of the molecule is CCCCCCCCOc1ccc(-c2ccc(CCCC(F)CCCCCCC)cn2)cc1F. The number of rotatable bonds is 19. The molecular weight excluding hydrogens is 428 g/mol. The molecule has 34 heavy (non-hydrogen) atoms. The topological polar surface area (TPSA) is 22.1 Å². The Kier molecular flexibility index (Phi) is 14.5. The molecule has 1 atom stereocenters. The smallest absolute Gasteiger partial charge is 0.165 e. The number of ether oxygens (including phenoxy) is 1.